The average molecular weight is 340 g/mol. The van der Waals surface area contributed by atoms with Crippen molar-refractivity contribution < 1.29 is 0 Å². The number of halogens is 3. The van der Waals surface area contributed by atoms with Crippen molar-refractivity contribution >= 4 is 36.4 Å². The highest BCUT2D eigenvalue weighted by atomic mass is 35.5. The second-order valence-corrected chi connectivity index (χ2v) is 6.54. The van der Waals surface area contributed by atoms with Gasteiger partial charge in [0.05, 0.1) is 0 Å². The lowest BCUT2D eigenvalue weighted by atomic mass is 9.81. The molecule has 1 fully saturated rings. The van der Waals surface area contributed by atoms with Gasteiger partial charge in [-0.2, -0.15) is 0 Å². The van der Waals surface area contributed by atoms with Gasteiger partial charge in [0.1, 0.15) is 0 Å². The van der Waals surface area contributed by atoms with Crippen LogP contribution in [0.25, 0.3) is 0 Å². The number of benzene rings is 1. The molecule has 1 aromatic rings. The minimum Gasteiger partial charge on any atom is -0.314 e. The van der Waals surface area contributed by atoms with E-state index in [-0.39, 0.29) is 30.2 Å². The van der Waals surface area contributed by atoms with Crippen molar-refractivity contribution in [1.29, 1.82) is 0 Å². The third-order valence-corrected chi connectivity index (χ3v) is 3.77. The van der Waals surface area contributed by atoms with Gasteiger partial charge in [-0.1, -0.05) is 44.5 Å². The van der Waals surface area contributed by atoms with Gasteiger partial charge in [-0.25, -0.2) is 0 Å². The molecule has 116 valence electrons. The first kappa shape index (κ1) is 20.0. The molecule has 1 heterocycles. The second kappa shape index (κ2) is 8.45. The number of rotatable bonds is 2. The molecule has 0 unspecified atom stereocenters. The maximum atomic E-state index is 5.99. The van der Waals surface area contributed by atoms with Gasteiger partial charge in [-0.15, -0.1) is 24.8 Å². The quantitative estimate of drug-likeness (QED) is 0.869. The van der Waals surface area contributed by atoms with Gasteiger partial charge in [-0.3, -0.25) is 4.90 Å². The Morgan fingerprint density at radius 1 is 1.05 bits per heavy atom. The highest BCUT2D eigenvalue weighted by Crippen LogP contribution is 2.38. The van der Waals surface area contributed by atoms with Gasteiger partial charge in [0, 0.05) is 37.2 Å². The maximum Gasteiger partial charge on any atom is 0.0406 e. The first-order valence-electron chi connectivity index (χ1n) is 6.69. The molecule has 0 aromatic heterocycles. The molecule has 1 aromatic carbocycles. The van der Waals surface area contributed by atoms with Crippen molar-refractivity contribution in [3.05, 3.63) is 34.9 Å². The van der Waals surface area contributed by atoms with E-state index in [1.165, 1.54) is 5.56 Å². The van der Waals surface area contributed by atoms with E-state index in [1.807, 2.05) is 12.1 Å². The lowest BCUT2D eigenvalue weighted by Gasteiger charge is -2.42. The van der Waals surface area contributed by atoms with Crippen LogP contribution < -0.4 is 5.32 Å². The molecule has 0 aliphatic carbocycles. The first-order valence-corrected chi connectivity index (χ1v) is 7.06. The molecule has 1 N–H and O–H groups in total. The highest BCUT2D eigenvalue weighted by molar-refractivity contribution is 6.30. The lowest BCUT2D eigenvalue weighted by Crippen LogP contribution is -2.48. The molecule has 1 aliphatic rings. The predicted molar refractivity (Wildman–Crippen MR) is 92.6 cm³/mol. The molecule has 5 heteroatoms. The smallest absolute Gasteiger partial charge is 0.0406 e. The van der Waals surface area contributed by atoms with Gasteiger partial charge >= 0.3 is 0 Å². The van der Waals surface area contributed by atoms with Crippen LogP contribution in [0.5, 0.6) is 0 Å². The fraction of sp³-hybridized carbons (Fsp3) is 0.600. The summed E-state index contributed by atoms with van der Waals surface area (Å²) in [5.41, 5.74) is 1.60. The molecule has 0 radical (unpaired) electrons. The predicted octanol–water partition coefficient (Wildman–Crippen LogP) is 4.18. The van der Waals surface area contributed by atoms with Crippen LogP contribution in [-0.4, -0.2) is 31.1 Å². The van der Waals surface area contributed by atoms with Crippen LogP contribution in [0.4, 0.5) is 0 Å². The summed E-state index contributed by atoms with van der Waals surface area (Å²) < 4.78 is 0. The average Bonchev–Trinajstić information content (AvgIpc) is 2.32. The van der Waals surface area contributed by atoms with Crippen LogP contribution in [0.1, 0.15) is 32.4 Å². The molecule has 2 nitrogen and oxygen atoms in total. The fourth-order valence-corrected chi connectivity index (χ4v) is 2.97. The summed E-state index contributed by atoms with van der Waals surface area (Å²) in [7, 11) is 0. The molecule has 1 saturated heterocycles. The van der Waals surface area contributed by atoms with Crippen molar-refractivity contribution in [1.82, 2.24) is 10.2 Å². The summed E-state index contributed by atoms with van der Waals surface area (Å²) in [4.78, 5) is 2.58. The van der Waals surface area contributed by atoms with Crippen molar-refractivity contribution in [2.75, 3.05) is 26.2 Å². The monoisotopic (exact) mass is 338 g/mol. The van der Waals surface area contributed by atoms with Crippen molar-refractivity contribution in [2.45, 2.75) is 26.8 Å². The van der Waals surface area contributed by atoms with E-state index in [0.29, 0.717) is 6.04 Å². The normalized spacial score (nSPS) is 17.8. The SMILES string of the molecule is CC(C)(C)[C@H](c1ccc(Cl)cc1)N1CCNCC1.Cl.Cl. The molecule has 1 aliphatic heterocycles. The topological polar surface area (TPSA) is 15.3 Å². The number of nitrogens with one attached hydrogen (secondary N) is 1. The van der Waals surface area contributed by atoms with E-state index in [4.69, 9.17) is 11.6 Å². The summed E-state index contributed by atoms with van der Waals surface area (Å²) in [6, 6.07) is 8.79. The summed E-state index contributed by atoms with van der Waals surface area (Å²) in [6.07, 6.45) is 0. The van der Waals surface area contributed by atoms with Crippen LogP contribution in [0.2, 0.25) is 5.02 Å². The van der Waals surface area contributed by atoms with Crippen LogP contribution in [0.3, 0.4) is 0 Å². The number of hydrogen-bond donors (Lipinski definition) is 1. The van der Waals surface area contributed by atoms with Gasteiger partial charge < -0.3 is 5.32 Å². The molecule has 0 bridgehead atoms. The summed E-state index contributed by atoms with van der Waals surface area (Å²) >= 11 is 5.99. The largest absolute Gasteiger partial charge is 0.314 e. The van der Waals surface area contributed by atoms with E-state index in [1.54, 1.807) is 0 Å². The Bertz CT molecular complexity index is 381. The van der Waals surface area contributed by atoms with E-state index in [0.717, 1.165) is 31.2 Å². The number of hydrogen-bond acceptors (Lipinski definition) is 2. The highest BCUT2D eigenvalue weighted by Gasteiger charge is 2.32. The van der Waals surface area contributed by atoms with Crippen molar-refractivity contribution in [3.63, 3.8) is 0 Å². The number of piperazine rings is 1. The van der Waals surface area contributed by atoms with Gasteiger partial charge in [0.25, 0.3) is 0 Å². The molecular weight excluding hydrogens is 315 g/mol. The Morgan fingerprint density at radius 3 is 2.00 bits per heavy atom. The number of nitrogens with zero attached hydrogens (tertiary/aromatic N) is 1. The Hall–Kier alpha value is 0.01000. The molecule has 0 amide bonds. The summed E-state index contributed by atoms with van der Waals surface area (Å²) in [6.45, 7) is 11.3. The van der Waals surface area contributed by atoms with E-state index in [2.05, 4.69) is 43.1 Å². The van der Waals surface area contributed by atoms with Gasteiger partial charge in [0.2, 0.25) is 0 Å². The molecule has 0 spiro atoms. The lowest BCUT2D eigenvalue weighted by molar-refractivity contribution is 0.0862. The minimum atomic E-state index is 0. The zero-order chi connectivity index (χ0) is 13.2. The van der Waals surface area contributed by atoms with Crippen LogP contribution in [0.15, 0.2) is 24.3 Å². The Balaban J connectivity index is 0.00000180. The minimum absolute atomic E-state index is 0. The zero-order valence-corrected chi connectivity index (χ0v) is 14.7. The van der Waals surface area contributed by atoms with Crippen LogP contribution in [-0.2, 0) is 0 Å². The Morgan fingerprint density at radius 2 is 1.55 bits per heavy atom. The molecular formula is C15H25Cl3N2. The van der Waals surface area contributed by atoms with Gasteiger partial charge in [0.15, 0.2) is 0 Å². The van der Waals surface area contributed by atoms with Crippen molar-refractivity contribution in [2.24, 2.45) is 5.41 Å². The molecule has 2 rings (SSSR count). The van der Waals surface area contributed by atoms with E-state index < -0.39 is 0 Å². The molecule has 1 atom stereocenters. The molecule has 0 saturated carbocycles. The summed E-state index contributed by atoms with van der Waals surface area (Å²) in [5.74, 6) is 0. The maximum absolute atomic E-state index is 5.99. The Kier molecular flexibility index (Phi) is 8.46. The second-order valence-electron chi connectivity index (χ2n) is 6.11. The fourth-order valence-electron chi connectivity index (χ4n) is 2.84. The standard InChI is InChI=1S/C15H23ClN2.2ClH/c1-15(2,3)14(18-10-8-17-9-11-18)12-4-6-13(16)7-5-12;;/h4-7,14,17H,8-11H2,1-3H3;2*1H/t14-;;/m0../s1. The van der Waals surface area contributed by atoms with Crippen LogP contribution in [0, 0.1) is 5.41 Å². The van der Waals surface area contributed by atoms with Gasteiger partial charge in [-0.05, 0) is 23.1 Å². The summed E-state index contributed by atoms with van der Waals surface area (Å²) in [5, 5.41) is 4.23. The van der Waals surface area contributed by atoms with E-state index in [9.17, 15) is 0 Å². The third kappa shape index (κ3) is 5.09. The van der Waals surface area contributed by atoms with E-state index >= 15 is 0 Å². The first-order chi connectivity index (χ1) is 8.48. The Labute approximate surface area is 140 Å². The zero-order valence-electron chi connectivity index (χ0n) is 12.4. The molecule has 20 heavy (non-hydrogen) atoms. The van der Waals surface area contributed by atoms with Crippen LogP contribution >= 0.6 is 36.4 Å². The van der Waals surface area contributed by atoms with Crippen molar-refractivity contribution in [3.8, 4) is 0 Å². The third-order valence-electron chi connectivity index (χ3n) is 3.52.